The zero-order valence-corrected chi connectivity index (χ0v) is 17.9. The van der Waals surface area contributed by atoms with E-state index in [9.17, 15) is 35.7 Å². The molecule has 3 aliphatic rings. The maximum absolute atomic E-state index is 10.9. The molecule has 2 heterocycles. The van der Waals surface area contributed by atoms with E-state index in [1.54, 1.807) is 0 Å². The molecular formula is C18H36N4O11. The minimum absolute atomic E-state index is 0.0849. The molecule has 0 amide bonds. The lowest BCUT2D eigenvalue weighted by Crippen LogP contribution is -2.68. The molecule has 3 fully saturated rings. The molecule has 15 nitrogen and oxygen atoms in total. The Bertz CT molecular complexity index is 584. The van der Waals surface area contributed by atoms with Crippen molar-refractivity contribution in [2.24, 2.45) is 22.9 Å². The van der Waals surface area contributed by atoms with Crippen molar-refractivity contribution in [3.8, 4) is 0 Å². The first-order valence-electron chi connectivity index (χ1n) is 10.8. The van der Waals surface area contributed by atoms with E-state index in [4.69, 9.17) is 41.9 Å². The van der Waals surface area contributed by atoms with Gasteiger partial charge in [-0.2, -0.15) is 0 Å². The first kappa shape index (κ1) is 27.0. The SMILES string of the molecule is NC[C@H]1O[C@@H](O[C@H]2[C@H](O)[C@@H](O[C@H]3O[C@H](CO)[C@@H](O)[C@H](N)[C@H]3O)[C@H](N)C[C@H]2N)[C@H](O)[C@@H](O)[C@@H]1O. The number of hydrogen-bond acceptors (Lipinski definition) is 15. The van der Waals surface area contributed by atoms with Crippen molar-refractivity contribution in [3.05, 3.63) is 0 Å². The van der Waals surface area contributed by atoms with Crippen LogP contribution in [0.4, 0.5) is 0 Å². The van der Waals surface area contributed by atoms with Crippen LogP contribution in [0.1, 0.15) is 6.42 Å². The maximum atomic E-state index is 10.9. The zero-order valence-electron chi connectivity index (χ0n) is 17.9. The van der Waals surface area contributed by atoms with Crippen LogP contribution in [0.25, 0.3) is 0 Å². The standard InChI is InChI=1S/C18H36N4O11/c19-2-6-10(25)12(27)13(28)18(30-6)33-16-5(21)1-4(20)15(14(16)29)32-17-11(26)8(22)9(24)7(3-23)31-17/h4-18,23-29H,1-3,19-22H2/t4-,5-,6-,7-,8+,9-,10-,11-,12+,13-,14-,15+,16-,17-,18+/m1/s1. The monoisotopic (exact) mass is 484 g/mol. The molecule has 2 saturated heterocycles. The van der Waals surface area contributed by atoms with Crippen LogP contribution in [-0.4, -0.2) is 141 Å². The van der Waals surface area contributed by atoms with Gasteiger partial charge in [-0.15, -0.1) is 0 Å². The van der Waals surface area contributed by atoms with E-state index in [1.165, 1.54) is 0 Å². The third-order valence-corrected chi connectivity index (χ3v) is 6.48. The normalized spacial score (nSPS) is 53.7. The molecular weight excluding hydrogens is 448 g/mol. The predicted octanol–water partition coefficient (Wildman–Crippen LogP) is -7.29. The Morgan fingerprint density at radius 3 is 1.70 bits per heavy atom. The minimum Gasteiger partial charge on any atom is -0.394 e. The summed E-state index contributed by atoms with van der Waals surface area (Å²) in [7, 11) is 0. The second-order valence-corrected chi connectivity index (χ2v) is 8.79. The molecule has 0 unspecified atom stereocenters. The van der Waals surface area contributed by atoms with Crippen LogP contribution in [0.15, 0.2) is 0 Å². The van der Waals surface area contributed by atoms with Gasteiger partial charge in [-0.3, -0.25) is 0 Å². The third kappa shape index (κ3) is 5.32. The Balaban J connectivity index is 1.72. The molecule has 15 atom stereocenters. The molecule has 15 N–H and O–H groups in total. The number of ether oxygens (including phenoxy) is 4. The second-order valence-electron chi connectivity index (χ2n) is 8.79. The average Bonchev–Trinajstić information content (AvgIpc) is 2.79. The fourth-order valence-electron chi connectivity index (χ4n) is 4.40. The lowest BCUT2D eigenvalue weighted by Gasteiger charge is -2.48. The first-order valence-corrected chi connectivity index (χ1v) is 10.8. The summed E-state index contributed by atoms with van der Waals surface area (Å²) in [5.41, 5.74) is 23.5. The summed E-state index contributed by atoms with van der Waals surface area (Å²) < 4.78 is 22.2. The molecule has 1 saturated carbocycles. The van der Waals surface area contributed by atoms with Crippen LogP contribution in [0.2, 0.25) is 0 Å². The molecule has 15 heteroatoms. The van der Waals surface area contributed by atoms with E-state index in [-0.39, 0.29) is 13.0 Å². The van der Waals surface area contributed by atoms with Gasteiger partial charge < -0.3 is 77.6 Å². The average molecular weight is 485 g/mol. The molecule has 1 aliphatic carbocycles. The lowest BCUT2D eigenvalue weighted by atomic mass is 9.84. The van der Waals surface area contributed by atoms with Crippen molar-refractivity contribution in [3.63, 3.8) is 0 Å². The molecule has 2 aliphatic heterocycles. The molecule has 0 spiro atoms. The topological polar surface area (TPSA) is 283 Å². The van der Waals surface area contributed by atoms with Crippen LogP contribution < -0.4 is 22.9 Å². The highest BCUT2D eigenvalue weighted by molar-refractivity contribution is 5.01. The van der Waals surface area contributed by atoms with E-state index in [1.807, 2.05) is 0 Å². The highest BCUT2D eigenvalue weighted by Crippen LogP contribution is 2.31. The smallest absolute Gasteiger partial charge is 0.187 e. The van der Waals surface area contributed by atoms with Gasteiger partial charge in [0.05, 0.1) is 12.6 Å². The van der Waals surface area contributed by atoms with Gasteiger partial charge in [0.25, 0.3) is 0 Å². The minimum atomic E-state index is -1.66. The number of aliphatic hydroxyl groups is 7. The molecule has 0 aromatic carbocycles. The number of aliphatic hydroxyl groups excluding tert-OH is 7. The van der Waals surface area contributed by atoms with Gasteiger partial charge in [0.15, 0.2) is 12.6 Å². The quantitative estimate of drug-likeness (QED) is 0.167. The van der Waals surface area contributed by atoms with Gasteiger partial charge >= 0.3 is 0 Å². The molecule has 33 heavy (non-hydrogen) atoms. The van der Waals surface area contributed by atoms with Crippen LogP contribution in [0, 0.1) is 0 Å². The van der Waals surface area contributed by atoms with Crippen LogP contribution >= 0.6 is 0 Å². The van der Waals surface area contributed by atoms with Gasteiger partial charge in [-0.25, -0.2) is 0 Å². The van der Waals surface area contributed by atoms with E-state index in [2.05, 4.69) is 0 Å². The van der Waals surface area contributed by atoms with Crippen molar-refractivity contribution in [1.82, 2.24) is 0 Å². The molecule has 0 bridgehead atoms. The Kier molecular flexibility index (Phi) is 8.99. The van der Waals surface area contributed by atoms with Gasteiger partial charge in [-0.05, 0) is 6.42 Å². The summed E-state index contributed by atoms with van der Waals surface area (Å²) in [5, 5.41) is 70.9. The highest BCUT2D eigenvalue weighted by Gasteiger charge is 2.51. The van der Waals surface area contributed by atoms with Crippen LogP contribution in [-0.2, 0) is 18.9 Å². The summed E-state index contributed by atoms with van der Waals surface area (Å²) in [4.78, 5) is 0. The fraction of sp³-hybridized carbons (Fsp3) is 1.00. The molecule has 0 aromatic heterocycles. The van der Waals surface area contributed by atoms with Crippen LogP contribution in [0.3, 0.4) is 0 Å². The Labute approximate surface area is 189 Å². The van der Waals surface area contributed by atoms with Gasteiger partial charge in [0.2, 0.25) is 0 Å². The summed E-state index contributed by atoms with van der Waals surface area (Å²) in [6, 6.07) is -2.86. The summed E-state index contributed by atoms with van der Waals surface area (Å²) >= 11 is 0. The summed E-state index contributed by atoms with van der Waals surface area (Å²) in [6.45, 7) is -0.763. The molecule has 3 rings (SSSR count). The lowest BCUT2D eigenvalue weighted by molar-refractivity contribution is -0.332. The first-order chi connectivity index (χ1) is 15.5. The van der Waals surface area contributed by atoms with Crippen molar-refractivity contribution in [2.45, 2.75) is 98.2 Å². The van der Waals surface area contributed by atoms with Gasteiger partial charge in [0, 0.05) is 18.6 Å². The fourth-order valence-corrected chi connectivity index (χ4v) is 4.40. The van der Waals surface area contributed by atoms with E-state index in [0.717, 1.165) is 0 Å². The van der Waals surface area contributed by atoms with Crippen molar-refractivity contribution >= 4 is 0 Å². The Hall–Kier alpha value is -0.600. The van der Waals surface area contributed by atoms with Crippen molar-refractivity contribution in [2.75, 3.05) is 13.2 Å². The third-order valence-electron chi connectivity index (χ3n) is 6.48. The van der Waals surface area contributed by atoms with Gasteiger partial charge in [-0.1, -0.05) is 0 Å². The number of hydrogen-bond donors (Lipinski definition) is 11. The summed E-state index contributed by atoms with van der Waals surface area (Å²) in [6.07, 6.45) is -16.5. The van der Waals surface area contributed by atoms with Crippen molar-refractivity contribution < 1.29 is 54.7 Å². The summed E-state index contributed by atoms with van der Waals surface area (Å²) in [5.74, 6) is 0. The van der Waals surface area contributed by atoms with Crippen LogP contribution in [0.5, 0.6) is 0 Å². The van der Waals surface area contributed by atoms with Crippen molar-refractivity contribution in [1.29, 1.82) is 0 Å². The number of nitrogens with two attached hydrogens (primary N) is 4. The zero-order chi connectivity index (χ0) is 24.6. The molecule has 0 aromatic rings. The Morgan fingerprint density at radius 1 is 0.667 bits per heavy atom. The van der Waals surface area contributed by atoms with Gasteiger partial charge in [0.1, 0.15) is 61.0 Å². The highest BCUT2D eigenvalue weighted by atomic mass is 16.7. The maximum Gasteiger partial charge on any atom is 0.187 e. The molecule has 194 valence electrons. The van der Waals surface area contributed by atoms with E-state index < -0.39 is 98.4 Å². The predicted molar refractivity (Wildman–Crippen MR) is 108 cm³/mol. The Morgan fingerprint density at radius 2 is 1.18 bits per heavy atom. The number of rotatable bonds is 6. The van der Waals surface area contributed by atoms with E-state index in [0.29, 0.717) is 0 Å². The second kappa shape index (κ2) is 11.0. The van der Waals surface area contributed by atoms with E-state index >= 15 is 0 Å². The largest absolute Gasteiger partial charge is 0.394 e. The molecule has 0 radical (unpaired) electrons.